The zero-order valence-electron chi connectivity index (χ0n) is 15.0. The smallest absolute Gasteiger partial charge is 0.349 e. The number of carbonyl (C=O) groups excluding carboxylic acids is 2. The maximum absolute atomic E-state index is 12.4. The third kappa shape index (κ3) is 4.25. The molecule has 138 valence electrons. The minimum absolute atomic E-state index is 0.383. The maximum atomic E-state index is 12.4. The van der Waals surface area contributed by atoms with E-state index in [0.717, 1.165) is 19.3 Å². The summed E-state index contributed by atoms with van der Waals surface area (Å²) >= 11 is 1.48. The molecule has 1 aromatic heterocycles. The highest BCUT2D eigenvalue weighted by atomic mass is 32.1. The first-order valence-electron chi connectivity index (χ1n) is 8.93. The summed E-state index contributed by atoms with van der Waals surface area (Å²) in [5, 5.41) is 2.76. The lowest BCUT2D eigenvalue weighted by atomic mass is 9.99. The van der Waals surface area contributed by atoms with Gasteiger partial charge in [0.2, 0.25) is 0 Å². The molecule has 1 N–H and O–H groups in total. The van der Waals surface area contributed by atoms with Crippen LogP contribution in [0.25, 0.3) is 0 Å². The monoisotopic (exact) mass is 373 g/mol. The molecule has 2 aromatic rings. The van der Waals surface area contributed by atoms with Gasteiger partial charge >= 0.3 is 5.97 Å². The molecule has 0 spiro atoms. The highest BCUT2D eigenvalue weighted by Gasteiger charge is 2.23. The van der Waals surface area contributed by atoms with E-state index in [1.165, 1.54) is 28.2 Å². The van der Waals surface area contributed by atoms with Crippen molar-refractivity contribution >= 4 is 28.9 Å². The highest BCUT2D eigenvalue weighted by Crippen LogP contribution is 2.30. The molecule has 6 heteroatoms. The molecule has 1 aliphatic rings. The summed E-state index contributed by atoms with van der Waals surface area (Å²) in [5.74, 6) is -0.232. The van der Waals surface area contributed by atoms with Gasteiger partial charge in [0.25, 0.3) is 5.91 Å². The van der Waals surface area contributed by atoms with Crippen molar-refractivity contribution in [3.05, 3.63) is 45.6 Å². The topological polar surface area (TPSA) is 64.6 Å². The molecule has 0 fully saturated rings. The van der Waals surface area contributed by atoms with Crippen LogP contribution in [-0.2, 0) is 22.4 Å². The number of hydrogen-bond donors (Lipinski definition) is 1. The van der Waals surface area contributed by atoms with E-state index in [2.05, 4.69) is 5.32 Å². The van der Waals surface area contributed by atoms with E-state index in [1.54, 1.807) is 19.1 Å². The fourth-order valence-corrected chi connectivity index (χ4v) is 4.09. The number of ether oxygens (including phenoxy) is 2. The largest absolute Gasteiger partial charge is 0.492 e. The number of anilines is 1. The lowest BCUT2D eigenvalue weighted by Crippen LogP contribution is -2.30. The number of rotatable bonds is 6. The Morgan fingerprint density at radius 1 is 1.23 bits per heavy atom. The van der Waals surface area contributed by atoms with Crippen LogP contribution in [0.1, 0.15) is 46.8 Å². The molecule has 0 radical (unpaired) electrons. The molecule has 0 saturated carbocycles. The molecule has 0 unspecified atom stereocenters. The number of hydrogen-bond acceptors (Lipinski definition) is 5. The Kier molecular flexibility index (Phi) is 5.93. The zero-order chi connectivity index (χ0) is 18.5. The van der Waals surface area contributed by atoms with Crippen LogP contribution in [0, 0.1) is 0 Å². The first-order valence-corrected chi connectivity index (χ1v) is 9.75. The van der Waals surface area contributed by atoms with E-state index in [9.17, 15) is 9.59 Å². The second kappa shape index (κ2) is 8.36. The number of esters is 1. The molecular formula is C20H23NO4S. The van der Waals surface area contributed by atoms with Crippen LogP contribution in [0.4, 0.5) is 5.69 Å². The number of amides is 1. The van der Waals surface area contributed by atoms with E-state index in [-0.39, 0.29) is 5.91 Å². The fourth-order valence-electron chi connectivity index (χ4n) is 2.95. The van der Waals surface area contributed by atoms with Crippen molar-refractivity contribution in [1.82, 2.24) is 0 Å². The van der Waals surface area contributed by atoms with E-state index < -0.39 is 12.1 Å². The minimum Gasteiger partial charge on any atom is -0.492 e. The first-order chi connectivity index (χ1) is 12.6. The third-order valence-electron chi connectivity index (χ3n) is 4.30. The van der Waals surface area contributed by atoms with Crippen LogP contribution in [0.2, 0.25) is 0 Å². The summed E-state index contributed by atoms with van der Waals surface area (Å²) in [6, 6.07) is 9.10. The van der Waals surface area contributed by atoms with Crippen LogP contribution in [0.15, 0.2) is 30.3 Å². The van der Waals surface area contributed by atoms with Gasteiger partial charge in [-0.2, -0.15) is 0 Å². The van der Waals surface area contributed by atoms with Crippen LogP contribution in [0.5, 0.6) is 5.75 Å². The Balaban J connectivity index is 1.62. The van der Waals surface area contributed by atoms with Crippen molar-refractivity contribution < 1.29 is 19.1 Å². The summed E-state index contributed by atoms with van der Waals surface area (Å²) in [6.07, 6.45) is 3.48. The molecule has 3 rings (SSSR count). The van der Waals surface area contributed by atoms with Crippen LogP contribution >= 0.6 is 11.3 Å². The van der Waals surface area contributed by atoms with Gasteiger partial charge in [0.1, 0.15) is 10.6 Å². The average molecular weight is 373 g/mol. The molecular weight excluding hydrogens is 350 g/mol. The summed E-state index contributed by atoms with van der Waals surface area (Å²) in [6.45, 7) is 3.95. The third-order valence-corrected chi connectivity index (χ3v) is 5.51. The molecule has 26 heavy (non-hydrogen) atoms. The van der Waals surface area contributed by atoms with Crippen molar-refractivity contribution in [3.8, 4) is 5.75 Å². The minimum atomic E-state index is -0.892. The number of aryl methyl sites for hydroxylation is 2. The van der Waals surface area contributed by atoms with E-state index in [0.29, 0.717) is 22.9 Å². The maximum Gasteiger partial charge on any atom is 0.349 e. The summed E-state index contributed by atoms with van der Waals surface area (Å²) < 4.78 is 10.9. The molecule has 1 amide bonds. The molecule has 1 atom stereocenters. The lowest BCUT2D eigenvalue weighted by Gasteiger charge is -2.15. The zero-order valence-corrected chi connectivity index (χ0v) is 15.9. The Hall–Kier alpha value is -2.34. The molecule has 1 heterocycles. The fraction of sp³-hybridized carbons (Fsp3) is 0.400. The Morgan fingerprint density at radius 3 is 2.77 bits per heavy atom. The van der Waals surface area contributed by atoms with Gasteiger partial charge < -0.3 is 14.8 Å². The van der Waals surface area contributed by atoms with Crippen molar-refractivity contribution in [2.75, 3.05) is 11.9 Å². The molecule has 0 bridgehead atoms. The molecule has 1 aromatic carbocycles. The molecule has 0 aliphatic heterocycles. The predicted molar refractivity (Wildman–Crippen MR) is 102 cm³/mol. The number of fused-ring (bicyclic) bond motifs is 1. The quantitative estimate of drug-likeness (QED) is 0.771. The number of para-hydroxylation sites is 2. The molecule has 5 nitrogen and oxygen atoms in total. The number of benzene rings is 1. The highest BCUT2D eigenvalue weighted by molar-refractivity contribution is 7.14. The Bertz CT molecular complexity index is 775. The SMILES string of the molecule is CCOc1ccccc1NC(=O)[C@@H](C)OC(=O)c1cc2c(s1)CCCC2. The van der Waals surface area contributed by atoms with Gasteiger partial charge in [0.05, 0.1) is 12.3 Å². The number of thiophene rings is 1. The summed E-state index contributed by atoms with van der Waals surface area (Å²) in [5.41, 5.74) is 1.81. The average Bonchev–Trinajstić information content (AvgIpc) is 3.08. The van der Waals surface area contributed by atoms with Crippen molar-refractivity contribution in [3.63, 3.8) is 0 Å². The van der Waals surface area contributed by atoms with Crippen LogP contribution < -0.4 is 10.1 Å². The van der Waals surface area contributed by atoms with Crippen LogP contribution in [-0.4, -0.2) is 24.6 Å². The van der Waals surface area contributed by atoms with E-state index >= 15 is 0 Å². The van der Waals surface area contributed by atoms with Crippen LogP contribution in [0.3, 0.4) is 0 Å². The van der Waals surface area contributed by atoms with Gasteiger partial charge in [-0.1, -0.05) is 12.1 Å². The van der Waals surface area contributed by atoms with Gasteiger partial charge in [-0.3, -0.25) is 4.79 Å². The van der Waals surface area contributed by atoms with Crippen molar-refractivity contribution in [2.45, 2.75) is 45.6 Å². The van der Waals surface area contributed by atoms with Gasteiger partial charge in [-0.05, 0) is 63.3 Å². The van der Waals surface area contributed by atoms with E-state index in [1.807, 2.05) is 25.1 Å². The molecule has 1 aliphatic carbocycles. The Labute approximate surface area is 157 Å². The second-order valence-electron chi connectivity index (χ2n) is 6.23. The number of nitrogens with one attached hydrogen (secondary N) is 1. The summed E-state index contributed by atoms with van der Waals surface area (Å²) in [7, 11) is 0. The van der Waals surface area contributed by atoms with Crippen molar-refractivity contribution in [1.29, 1.82) is 0 Å². The number of carbonyl (C=O) groups is 2. The van der Waals surface area contributed by atoms with E-state index in [4.69, 9.17) is 9.47 Å². The predicted octanol–water partition coefficient (Wildman–Crippen LogP) is 4.21. The molecule has 0 saturated heterocycles. The summed E-state index contributed by atoms with van der Waals surface area (Å²) in [4.78, 5) is 26.6. The first kappa shape index (κ1) is 18.5. The van der Waals surface area contributed by atoms with Gasteiger partial charge in [0, 0.05) is 4.88 Å². The second-order valence-corrected chi connectivity index (χ2v) is 7.37. The Morgan fingerprint density at radius 2 is 2.00 bits per heavy atom. The van der Waals surface area contributed by atoms with Gasteiger partial charge in [0.15, 0.2) is 6.10 Å². The lowest BCUT2D eigenvalue weighted by molar-refractivity contribution is -0.123. The van der Waals surface area contributed by atoms with Gasteiger partial charge in [-0.15, -0.1) is 11.3 Å². The normalized spacial score (nSPS) is 14.2. The van der Waals surface area contributed by atoms with Gasteiger partial charge in [-0.25, -0.2) is 4.79 Å². The van der Waals surface area contributed by atoms with Crippen molar-refractivity contribution in [2.24, 2.45) is 0 Å². The standard InChI is InChI=1S/C20H23NO4S/c1-3-24-16-10-6-5-9-15(16)21-19(22)13(2)25-20(23)18-12-14-8-4-7-11-17(14)26-18/h5-6,9-10,12-13H,3-4,7-8,11H2,1-2H3,(H,21,22)/t13-/m1/s1.